The van der Waals surface area contributed by atoms with E-state index in [1.165, 1.54) is 12.1 Å². The fourth-order valence-corrected chi connectivity index (χ4v) is 3.60. The summed E-state index contributed by atoms with van der Waals surface area (Å²) in [4.78, 5) is 15.8. The molecule has 0 aliphatic heterocycles. The van der Waals surface area contributed by atoms with Crippen LogP contribution in [0.4, 0.5) is 10.1 Å². The van der Waals surface area contributed by atoms with Crippen LogP contribution >= 0.6 is 0 Å². The van der Waals surface area contributed by atoms with Gasteiger partial charge in [-0.1, -0.05) is 0 Å². The quantitative estimate of drug-likeness (QED) is 0.543. The topological polar surface area (TPSA) is 88.5 Å². The molecule has 1 amide bonds. The number of aromatic amines is 1. The number of tetrazole rings is 1. The van der Waals surface area contributed by atoms with Crippen molar-refractivity contribution in [2.45, 2.75) is 32.2 Å². The fourth-order valence-electron chi connectivity index (χ4n) is 3.60. The van der Waals surface area contributed by atoms with Crippen LogP contribution in [0.15, 0.2) is 42.5 Å². The van der Waals surface area contributed by atoms with Gasteiger partial charge in [0.05, 0.1) is 12.5 Å². The number of nitrogens with one attached hydrogen (secondary N) is 2. The van der Waals surface area contributed by atoms with E-state index in [0.717, 1.165) is 46.4 Å². The highest BCUT2D eigenvalue weighted by atomic mass is 19.1. The van der Waals surface area contributed by atoms with Gasteiger partial charge in [-0.05, 0) is 78.2 Å². The summed E-state index contributed by atoms with van der Waals surface area (Å²) in [5, 5.41) is 15.6. The molecule has 146 valence electrons. The number of hydrogen-bond donors (Lipinski definition) is 2. The van der Waals surface area contributed by atoms with Gasteiger partial charge in [-0.15, -0.1) is 5.10 Å². The van der Waals surface area contributed by atoms with Gasteiger partial charge in [0.1, 0.15) is 5.82 Å². The molecular formula is C21H19FN6O. The molecule has 0 bridgehead atoms. The van der Waals surface area contributed by atoms with Crippen molar-refractivity contribution >= 4 is 22.5 Å². The molecule has 1 fully saturated rings. The molecule has 0 unspecified atom stereocenters. The minimum Gasteiger partial charge on any atom is -0.358 e. The van der Waals surface area contributed by atoms with E-state index in [1.807, 2.05) is 35.9 Å². The largest absolute Gasteiger partial charge is 0.358 e. The first-order chi connectivity index (χ1) is 14.1. The third-order valence-corrected chi connectivity index (χ3v) is 5.23. The lowest BCUT2D eigenvalue weighted by Gasteiger charge is -2.07. The zero-order chi connectivity index (χ0) is 20.0. The molecular weight excluding hydrogens is 371 g/mol. The maximum Gasteiger partial charge on any atom is 0.228 e. The molecule has 2 heterocycles. The number of carbonyl (C=O) groups is 1. The number of aryl methyl sites for hydroxylation is 1. The van der Waals surface area contributed by atoms with E-state index < -0.39 is 0 Å². The summed E-state index contributed by atoms with van der Waals surface area (Å²) in [6.07, 6.45) is 2.36. The Labute approximate surface area is 165 Å². The van der Waals surface area contributed by atoms with Gasteiger partial charge in [-0.25, -0.2) is 9.07 Å². The van der Waals surface area contributed by atoms with Crippen LogP contribution in [0.2, 0.25) is 0 Å². The molecule has 2 aromatic heterocycles. The van der Waals surface area contributed by atoms with Crippen LogP contribution in [-0.4, -0.2) is 31.1 Å². The van der Waals surface area contributed by atoms with Crippen molar-refractivity contribution in [3.63, 3.8) is 0 Å². The summed E-state index contributed by atoms with van der Waals surface area (Å²) in [5.41, 5.74) is 4.08. The SMILES string of the molecule is Cc1[nH]c2ccc(F)cc2c1CC(=O)Nc1ccc(-c2nnnn2C2CC2)cc1. The summed E-state index contributed by atoms with van der Waals surface area (Å²) < 4.78 is 15.5. The number of anilines is 1. The second-order valence-corrected chi connectivity index (χ2v) is 7.40. The van der Waals surface area contributed by atoms with Crippen molar-refractivity contribution in [3.8, 4) is 11.4 Å². The van der Waals surface area contributed by atoms with Crippen LogP contribution < -0.4 is 5.32 Å². The van der Waals surface area contributed by atoms with Gasteiger partial charge in [0.2, 0.25) is 5.91 Å². The zero-order valence-electron chi connectivity index (χ0n) is 15.8. The summed E-state index contributed by atoms with van der Waals surface area (Å²) in [6, 6.07) is 12.4. The fraction of sp³-hybridized carbons (Fsp3) is 0.238. The van der Waals surface area contributed by atoms with E-state index in [2.05, 4.69) is 25.8 Å². The van der Waals surface area contributed by atoms with Crippen LogP contribution in [0.25, 0.3) is 22.3 Å². The first kappa shape index (κ1) is 17.5. The molecule has 0 atom stereocenters. The van der Waals surface area contributed by atoms with Gasteiger partial charge >= 0.3 is 0 Å². The minimum absolute atomic E-state index is 0.158. The van der Waals surface area contributed by atoms with Gasteiger partial charge in [0, 0.05) is 27.8 Å². The van der Waals surface area contributed by atoms with Crippen molar-refractivity contribution in [1.82, 2.24) is 25.2 Å². The Morgan fingerprint density at radius 1 is 1.24 bits per heavy atom. The number of fused-ring (bicyclic) bond motifs is 1. The molecule has 29 heavy (non-hydrogen) atoms. The summed E-state index contributed by atoms with van der Waals surface area (Å²) in [7, 11) is 0. The highest BCUT2D eigenvalue weighted by Gasteiger charge is 2.28. The van der Waals surface area contributed by atoms with E-state index in [4.69, 9.17) is 0 Å². The summed E-state index contributed by atoms with van der Waals surface area (Å²) in [5.74, 6) is 0.262. The van der Waals surface area contributed by atoms with Crippen molar-refractivity contribution in [1.29, 1.82) is 0 Å². The van der Waals surface area contributed by atoms with Gasteiger partial charge in [0.25, 0.3) is 0 Å². The third-order valence-electron chi connectivity index (χ3n) is 5.23. The lowest BCUT2D eigenvalue weighted by molar-refractivity contribution is -0.115. The first-order valence-corrected chi connectivity index (χ1v) is 9.53. The van der Waals surface area contributed by atoms with Crippen molar-refractivity contribution in [3.05, 3.63) is 59.5 Å². The average Bonchev–Trinajstić information content (AvgIpc) is 3.36. The standard InChI is InChI=1S/C21H19FN6O/c1-12-17(18-10-14(22)4-9-19(18)23-12)11-20(29)24-15-5-2-13(3-6-15)21-25-26-27-28(21)16-7-8-16/h2-6,9-10,16,23H,7-8,11H2,1H3,(H,24,29). The number of nitrogens with zero attached hydrogens (tertiary/aromatic N) is 4. The predicted molar refractivity (Wildman–Crippen MR) is 107 cm³/mol. The normalized spacial score (nSPS) is 13.7. The number of carbonyl (C=O) groups excluding carboxylic acids is 1. The summed E-state index contributed by atoms with van der Waals surface area (Å²) in [6.45, 7) is 1.89. The molecule has 5 rings (SSSR count). The van der Waals surface area contributed by atoms with Gasteiger partial charge in [0.15, 0.2) is 5.82 Å². The van der Waals surface area contributed by atoms with E-state index in [0.29, 0.717) is 11.7 Å². The van der Waals surface area contributed by atoms with Crippen molar-refractivity contribution < 1.29 is 9.18 Å². The Bertz CT molecular complexity index is 1210. The van der Waals surface area contributed by atoms with Crippen molar-refractivity contribution in [2.75, 3.05) is 5.32 Å². The maximum atomic E-state index is 13.6. The van der Waals surface area contributed by atoms with Crippen molar-refractivity contribution in [2.24, 2.45) is 0 Å². The number of H-pyrrole nitrogens is 1. The molecule has 0 spiro atoms. The number of rotatable bonds is 5. The Hall–Kier alpha value is -3.55. The zero-order valence-corrected chi connectivity index (χ0v) is 15.8. The Balaban J connectivity index is 1.32. The average molecular weight is 390 g/mol. The van der Waals surface area contributed by atoms with E-state index >= 15 is 0 Å². The molecule has 1 saturated carbocycles. The van der Waals surface area contributed by atoms with Crippen LogP contribution in [0.5, 0.6) is 0 Å². The monoisotopic (exact) mass is 390 g/mol. The Kier molecular flexibility index (Phi) is 4.12. The Morgan fingerprint density at radius 3 is 2.79 bits per heavy atom. The predicted octanol–water partition coefficient (Wildman–Crippen LogP) is 3.79. The first-order valence-electron chi connectivity index (χ1n) is 9.53. The molecule has 4 aromatic rings. The lowest BCUT2D eigenvalue weighted by Crippen LogP contribution is -2.14. The molecule has 2 N–H and O–H groups in total. The van der Waals surface area contributed by atoms with Gasteiger partial charge < -0.3 is 10.3 Å². The molecule has 0 radical (unpaired) electrons. The van der Waals surface area contributed by atoms with Crippen LogP contribution in [0.1, 0.15) is 30.1 Å². The lowest BCUT2D eigenvalue weighted by atomic mass is 10.1. The maximum absolute atomic E-state index is 13.6. The highest BCUT2D eigenvalue weighted by Crippen LogP contribution is 2.36. The van der Waals surface area contributed by atoms with Crippen LogP contribution in [0, 0.1) is 12.7 Å². The van der Waals surface area contributed by atoms with E-state index in [-0.39, 0.29) is 18.1 Å². The smallest absolute Gasteiger partial charge is 0.228 e. The second-order valence-electron chi connectivity index (χ2n) is 7.40. The molecule has 1 aliphatic rings. The number of hydrogen-bond acceptors (Lipinski definition) is 4. The molecule has 2 aromatic carbocycles. The van der Waals surface area contributed by atoms with Crippen LogP contribution in [0.3, 0.4) is 0 Å². The Morgan fingerprint density at radius 2 is 2.03 bits per heavy atom. The number of halogens is 1. The van der Waals surface area contributed by atoms with Crippen LogP contribution in [-0.2, 0) is 11.2 Å². The number of amides is 1. The van der Waals surface area contributed by atoms with Gasteiger partial charge in [-0.3, -0.25) is 4.79 Å². The second kappa shape index (κ2) is 6.80. The minimum atomic E-state index is -0.317. The third kappa shape index (κ3) is 3.37. The molecule has 8 heteroatoms. The van der Waals surface area contributed by atoms with Gasteiger partial charge in [-0.2, -0.15) is 0 Å². The van der Waals surface area contributed by atoms with E-state index in [1.54, 1.807) is 6.07 Å². The summed E-state index contributed by atoms with van der Waals surface area (Å²) >= 11 is 0. The number of aromatic nitrogens is 5. The molecule has 0 saturated heterocycles. The highest BCUT2D eigenvalue weighted by molar-refractivity contribution is 5.96. The number of benzene rings is 2. The molecule has 7 nitrogen and oxygen atoms in total. The molecule has 1 aliphatic carbocycles. The van der Waals surface area contributed by atoms with E-state index in [9.17, 15) is 9.18 Å².